The molecule has 0 aromatic carbocycles. The molecule has 4 heteroatoms. The summed E-state index contributed by atoms with van der Waals surface area (Å²) in [6.07, 6.45) is 16.6. The number of hydrogen-bond acceptors (Lipinski definition) is 2. The molecule has 0 aromatic heterocycles. The number of rotatable bonds is 4. The maximum atomic E-state index is 12.5. The molecule has 3 aliphatic rings. The molecule has 2 amide bonds. The molecule has 0 bridgehead atoms. The van der Waals surface area contributed by atoms with Crippen LogP contribution in [0.2, 0.25) is 0 Å². The van der Waals surface area contributed by atoms with Crippen LogP contribution in [0, 0.1) is 0 Å². The van der Waals surface area contributed by atoms with Crippen molar-refractivity contribution in [1.29, 1.82) is 0 Å². The average molecular weight is 334 g/mol. The number of piperazine rings is 1. The Bertz CT molecular complexity index is 419. The van der Waals surface area contributed by atoms with Gasteiger partial charge in [-0.2, -0.15) is 0 Å². The Labute approximate surface area is 147 Å². The van der Waals surface area contributed by atoms with E-state index in [1.165, 1.54) is 77.2 Å². The summed E-state index contributed by atoms with van der Waals surface area (Å²) >= 11 is 0. The molecule has 1 heterocycles. The predicted octanol–water partition coefficient (Wildman–Crippen LogP) is 3.93. The highest BCUT2D eigenvalue weighted by molar-refractivity contribution is 5.74. The molecule has 0 spiro atoms. The third-order valence-electron chi connectivity index (χ3n) is 5.98. The largest absolute Gasteiger partial charge is 0.335 e. The van der Waals surface area contributed by atoms with Gasteiger partial charge in [0.1, 0.15) is 0 Å². The lowest BCUT2D eigenvalue weighted by Crippen LogP contribution is -2.53. The molecular formula is C20H35N3O. The van der Waals surface area contributed by atoms with E-state index in [-0.39, 0.29) is 6.03 Å². The van der Waals surface area contributed by atoms with Crippen molar-refractivity contribution in [3.8, 4) is 0 Å². The van der Waals surface area contributed by atoms with Gasteiger partial charge in [0.05, 0.1) is 0 Å². The van der Waals surface area contributed by atoms with Gasteiger partial charge >= 0.3 is 6.03 Å². The van der Waals surface area contributed by atoms with E-state index in [4.69, 9.17) is 0 Å². The van der Waals surface area contributed by atoms with Crippen molar-refractivity contribution in [3.63, 3.8) is 0 Å². The van der Waals surface area contributed by atoms with Gasteiger partial charge in [-0.3, -0.25) is 4.90 Å². The number of carbonyl (C=O) groups excluding carboxylic acids is 1. The van der Waals surface area contributed by atoms with Gasteiger partial charge in [0.25, 0.3) is 0 Å². The van der Waals surface area contributed by atoms with Crippen molar-refractivity contribution in [2.45, 2.75) is 76.7 Å². The van der Waals surface area contributed by atoms with E-state index in [0.29, 0.717) is 6.04 Å². The predicted molar refractivity (Wildman–Crippen MR) is 99.2 cm³/mol. The number of urea groups is 1. The van der Waals surface area contributed by atoms with E-state index < -0.39 is 0 Å². The zero-order chi connectivity index (χ0) is 16.6. The Kier molecular flexibility index (Phi) is 7.00. The van der Waals surface area contributed by atoms with Gasteiger partial charge in [-0.25, -0.2) is 4.79 Å². The highest BCUT2D eigenvalue weighted by atomic mass is 16.2. The van der Waals surface area contributed by atoms with Crippen molar-refractivity contribution in [2.24, 2.45) is 0 Å². The first-order valence-electron chi connectivity index (χ1n) is 10.3. The number of allylic oxidation sites excluding steroid dienone is 1. The number of amides is 2. The van der Waals surface area contributed by atoms with E-state index in [1.807, 2.05) is 4.90 Å². The zero-order valence-corrected chi connectivity index (χ0v) is 15.3. The monoisotopic (exact) mass is 333 g/mol. The van der Waals surface area contributed by atoms with Gasteiger partial charge in [-0.15, -0.1) is 0 Å². The first kappa shape index (κ1) is 17.8. The highest BCUT2D eigenvalue weighted by Crippen LogP contribution is 2.21. The fourth-order valence-electron chi connectivity index (χ4n) is 4.30. The molecule has 1 saturated carbocycles. The van der Waals surface area contributed by atoms with E-state index in [1.54, 1.807) is 5.57 Å². The summed E-state index contributed by atoms with van der Waals surface area (Å²) in [4.78, 5) is 17.0. The number of nitrogens with one attached hydrogen (secondary N) is 1. The lowest BCUT2D eigenvalue weighted by molar-refractivity contribution is 0.137. The van der Waals surface area contributed by atoms with Crippen LogP contribution in [0.1, 0.15) is 70.6 Å². The lowest BCUT2D eigenvalue weighted by Gasteiger charge is -2.35. The van der Waals surface area contributed by atoms with Crippen LogP contribution in [0.5, 0.6) is 0 Å². The summed E-state index contributed by atoms with van der Waals surface area (Å²) in [5.41, 5.74) is 1.66. The molecule has 1 N–H and O–H groups in total. The molecule has 0 unspecified atom stereocenters. The second-order valence-electron chi connectivity index (χ2n) is 7.82. The van der Waals surface area contributed by atoms with Crippen LogP contribution in [0.3, 0.4) is 0 Å². The molecule has 4 nitrogen and oxygen atoms in total. The normalized spacial score (nSPS) is 24.3. The fourth-order valence-corrected chi connectivity index (χ4v) is 4.30. The third kappa shape index (κ3) is 5.51. The van der Waals surface area contributed by atoms with Crippen molar-refractivity contribution in [2.75, 3.05) is 32.7 Å². The highest BCUT2D eigenvalue weighted by Gasteiger charge is 2.23. The van der Waals surface area contributed by atoms with E-state index in [2.05, 4.69) is 16.3 Å². The second kappa shape index (κ2) is 9.45. The Morgan fingerprint density at radius 2 is 1.75 bits per heavy atom. The van der Waals surface area contributed by atoms with Crippen LogP contribution in [-0.4, -0.2) is 54.6 Å². The van der Waals surface area contributed by atoms with Gasteiger partial charge < -0.3 is 10.2 Å². The van der Waals surface area contributed by atoms with E-state index in [9.17, 15) is 4.79 Å². The fraction of sp³-hybridized carbons (Fsp3) is 0.850. The van der Waals surface area contributed by atoms with Crippen LogP contribution in [-0.2, 0) is 0 Å². The zero-order valence-electron chi connectivity index (χ0n) is 15.3. The summed E-state index contributed by atoms with van der Waals surface area (Å²) in [6.45, 7) is 5.01. The van der Waals surface area contributed by atoms with Crippen LogP contribution in [0.15, 0.2) is 11.6 Å². The number of hydrogen-bond donors (Lipinski definition) is 1. The summed E-state index contributed by atoms with van der Waals surface area (Å²) in [5, 5.41) is 3.29. The Morgan fingerprint density at radius 3 is 2.42 bits per heavy atom. The minimum Gasteiger partial charge on any atom is -0.335 e. The van der Waals surface area contributed by atoms with Crippen molar-refractivity contribution >= 4 is 6.03 Å². The van der Waals surface area contributed by atoms with Crippen molar-refractivity contribution in [1.82, 2.24) is 15.1 Å². The molecule has 3 rings (SSSR count). The van der Waals surface area contributed by atoms with Crippen LogP contribution < -0.4 is 5.32 Å². The Hall–Kier alpha value is -1.03. The quantitative estimate of drug-likeness (QED) is 0.625. The van der Waals surface area contributed by atoms with Crippen LogP contribution >= 0.6 is 0 Å². The molecule has 0 aromatic rings. The summed E-state index contributed by atoms with van der Waals surface area (Å²) in [6, 6.07) is 0.591. The van der Waals surface area contributed by atoms with E-state index >= 15 is 0 Å². The smallest absolute Gasteiger partial charge is 0.317 e. The molecule has 0 radical (unpaired) electrons. The third-order valence-corrected chi connectivity index (χ3v) is 5.98. The van der Waals surface area contributed by atoms with Gasteiger partial charge in [0.2, 0.25) is 0 Å². The summed E-state index contributed by atoms with van der Waals surface area (Å²) < 4.78 is 0. The molecular weight excluding hydrogens is 298 g/mol. The first-order valence-corrected chi connectivity index (χ1v) is 10.3. The number of nitrogens with zero attached hydrogens (tertiary/aromatic N) is 2. The minimum atomic E-state index is 0.177. The molecule has 0 atom stereocenters. The van der Waals surface area contributed by atoms with Gasteiger partial charge in [-0.1, -0.05) is 37.3 Å². The first-order chi connectivity index (χ1) is 11.8. The molecule has 1 saturated heterocycles. The minimum absolute atomic E-state index is 0.177. The van der Waals surface area contributed by atoms with Gasteiger partial charge in [0.15, 0.2) is 0 Å². The second-order valence-corrected chi connectivity index (χ2v) is 7.82. The Balaban J connectivity index is 1.34. The number of carbonyl (C=O) groups is 1. The van der Waals surface area contributed by atoms with Crippen LogP contribution in [0.25, 0.3) is 0 Å². The van der Waals surface area contributed by atoms with Crippen molar-refractivity contribution in [3.05, 3.63) is 11.6 Å². The topological polar surface area (TPSA) is 35.6 Å². The molecule has 1 aliphatic heterocycles. The SMILES string of the molecule is O=C(NC1CCCCCC1)N1CCN(CCC2=CCCCC2)CC1. The lowest BCUT2D eigenvalue weighted by atomic mass is 9.97. The van der Waals surface area contributed by atoms with E-state index in [0.717, 1.165) is 26.2 Å². The van der Waals surface area contributed by atoms with Crippen molar-refractivity contribution < 1.29 is 4.79 Å². The maximum Gasteiger partial charge on any atom is 0.317 e. The molecule has 2 fully saturated rings. The molecule has 24 heavy (non-hydrogen) atoms. The average Bonchev–Trinajstić information content (AvgIpc) is 2.90. The summed E-state index contributed by atoms with van der Waals surface area (Å²) in [7, 11) is 0. The molecule has 136 valence electrons. The Morgan fingerprint density at radius 1 is 1.00 bits per heavy atom. The van der Waals surface area contributed by atoms with Gasteiger partial charge in [0, 0.05) is 38.8 Å². The summed E-state index contributed by atoms with van der Waals surface area (Å²) in [5.74, 6) is 0. The van der Waals surface area contributed by atoms with Crippen LogP contribution in [0.4, 0.5) is 4.79 Å². The standard InChI is InChI=1S/C20H35N3O/c24-20(21-19-10-6-1-2-7-11-19)23-16-14-22(15-17-23)13-12-18-8-4-3-5-9-18/h8,19H,1-7,9-17H2,(H,21,24). The maximum absolute atomic E-state index is 12.5. The van der Waals surface area contributed by atoms with Gasteiger partial charge in [-0.05, 0) is 44.9 Å². The molecule has 2 aliphatic carbocycles.